The van der Waals surface area contributed by atoms with E-state index >= 15 is 0 Å². The van der Waals surface area contributed by atoms with Crippen molar-refractivity contribution in [3.8, 4) is 0 Å². The van der Waals surface area contributed by atoms with Gasteiger partial charge in [0.2, 0.25) is 6.41 Å². The van der Waals surface area contributed by atoms with Crippen LogP contribution in [0.4, 0.5) is 13.2 Å². The third-order valence-corrected chi connectivity index (χ3v) is 6.69. The number of carbonyl (C=O) groups excluding carboxylic acids is 1. The van der Waals surface area contributed by atoms with Gasteiger partial charge in [-0.05, 0) is 61.2 Å². The summed E-state index contributed by atoms with van der Waals surface area (Å²) in [7, 11) is 0. The quantitative estimate of drug-likeness (QED) is 0.178. The molecule has 0 bridgehead atoms. The molecule has 202 valence electrons. The molecule has 0 atom stereocenters. The summed E-state index contributed by atoms with van der Waals surface area (Å²) in [5.74, 6) is 0.941. The Kier molecular flexibility index (Phi) is 8.20. The molecule has 0 N–H and O–H groups in total. The summed E-state index contributed by atoms with van der Waals surface area (Å²) in [6, 6.07) is 17.6. The van der Waals surface area contributed by atoms with Crippen LogP contribution in [0.1, 0.15) is 59.1 Å². The summed E-state index contributed by atoms with van der Waals surface area (Å²) in [5.41, 5.74) is 4.14. The third kappa shape index (κ3) is 6.04. The number of carbonyl (C=O) groups is 1. The Morgan fingerprint density at radius 1 is 0.974 bits per heavy atom. The molecule has 0 aliphatic carbocycles. The van der Waals surface area contributed by atoms with Crippen LogP contribution in [-0.2, 0) is 23.9 Å². The highest BCUT2D eigenvalue weighted by Gasteiger charge is 2.33. The summed E-state index contributed by atoms with van der Waals surface area (Å²) in [5, 5.41) is 10.8. The zero-order valence-electron chi connectivity index (χ0n) is 21.9. The number of allylic oxidation sites excluding steroid dienone is 1. The number of amides is 1. The highest BCUT2D eigenvalue weighted by molar-refractivity contribution is 6.30. The normalized spacial score (nSPS) is 12.3. The molecule has 2 aromatic heterocycles. The van der Waals surface area contributed by atoms with E-state index in [9.17, 15) is 18.0 Å². The first-order valence-corrected chi connectivity index (χ1v) is 12.7. The number of hydrogen-bond donors (Lipinski definition) is 0. The summed E-state index contributed by atoms with van der Waals surface area (Å²) in [4.78, 5) is 16.2. The summed E-state index contributed by atoms with van der Waals surface area (Å²) < 4.78 is 41.1. The maximum atomic E-state index is 13.2. The molecule has 0 fully saturated rings. The smallest absolute Gasteiger partial charge is 0.277 e. The molecule has 10 heteroatoms. The summed E-state index contributed by atoms with van der Waals surface area (Å²) in [6.45, 7) is 7.30. The Morgan fingerprint density at radius 3 is 2.18 bits per heavy atom. The van der Waals surface area contributed by atoms with Crippen molar-refractivity contribution in [2.45, 2.75) is 46.8 Å². The summed E-state index contributed by atoms with van der Waals surface area (Å²) >= 11 is 6.12. The Hall–Kier alpha value is -3.98. The second-order valence-corrected chi connectivity index (χ2v) is 9.56. The lowest BCUT2D eigenvalue weighted by atomic mass is 9.94. The second-order valence-electron chi connectivity index (χ2n) is 9.12. The lowest BCUT2D eigenvalue weighted by Gasteiger charge is -2.24. The van der Waals surface area contributed by atoms with Crippen molar-refractivity contribution in [3.63, 3.8) is 0 Å². The molecule has 2 heterocycles. The SMILES string of the molecule is CCc1nnc(/C(=C(\C)c2ccc(Cl)cc2)c2ccc(C)cc2)n1N(C=O)Cc1ccc(C(F)(F)F)nc1C. The van der Waals surface area contributed by atoms with E-state index in [1.807, 2.05) is 57.2 Å². The van der Waals surface area contributed by atoms with Gasteiger partial charge in [-0.2, -0.15) is 13.2 Å². The van der Waals surface area contributed by atoms with Crippen LogP contribution in [0.25, 0.3) is 11.1 Å². The fourth-order valence-electron chi connectivity index (χ4n) is 4.28. The minimum Gasteiger partial charge on any atom is -0.277 e. The highest BCUT2D eigenvalue weighted by Crippen LogP contribution is 2.33. The number of halogens is 4. The molecule has 0 unspecified atom stereocenters. The van der Waals surface area contributed by atoms with Gasteiger partial charge < -0.3 is 0 Å². The van der Waals surface area contributed by atoms with Crippen molar-refractivity contribution >= 4 is 29.2 Å². The second kappa shape index (κ2) is 11.4. The average Bonchev–Trinajstić information content (AvgIpc) is 3.32. The van der Waals surface area contributed by atoms with Crippen molar-refractivity contribution in [2.24, 2.45) is 0 Å². The van der Waals surface area contributed by atoms with Crippen molar-refractivity contribution in [3.05, 3.63) is 111 Å². The maximum Gasteiger partial charge on any atom is 0.433 e. The fourth-order valence-corrected chi connectivity index (χ4v) is 4.41. The standard InChI is InChI=1S/C29H27ClF3N5O/c1-5-26-35-36-28(38(26)37(17-39)16-23-12-15-25(29(31,32)33)34-20(23)4)27(22-8-6-18(2)7-9-22)19(3)21-10-13-24(30)14-11-21/h6-15,17H,5,16H2,1-4H3/b27-19+. The van der Waals surface area contributed by atoms with Crippen molar-refractivity contribution in [1.29, 1.82) is 0 Å². The monoisotopic (exact) mass is 553 g/mol. The predicted octanol–water partition coefficient (Wildman–Crippen LogP) is 6.80. The molecule has 2 aromatic carbocycles. The van der Waals surface area contributed by atoms with Crippen molar-refractivity contribution in [2.75, 3.05) is 5.01 Å². The molecular weight excluding hydrogens is 527 g/mol. The van der Waals surface area contributed by atoms with Gasteiger partial charge in [-0.25, -0.2) is 14.7 Å². The van der Waals surface area contributed by atoms with Gasteiger partial charge in [0.15, 0.2) is 11.6 Å². The fraction of sp³-hybridized carbons (Fsp3) is 0.241. The zero-order chi connectivity index (χ0) is 28.3. The van der Waals surface area contributed by atoms with E-state index in [1.54, 1.807) is 16.8 Å². The molecule has 1 amide bonds. The van der Waals surface area contributed by atoms with Gasteiger partial charge in [0, 0.05) is 22.7 Å². The number of rotatable bonds is 8. The lowest BCUT2D eigenvalue weighted by Crippen LogP contribution is -2.36. The first-order chi connectivity index (χ1) is 18.5. The van der Waals surface area contributed by atoms with Crippen LogP contribution in [0.2, 0.25) is 5.02 Å². The number of aryl methyl sites for hydroxylation is 3. The maximum absolute atomic E-state index is 13.2. The Bertz CT molecular complexity index is 1510. The molecule has 4 rings (SSSR count). The van der Waals surface area contributed by atoms with Crippen LogP contribution in [0, 0.1) is 13.8 Å². The van der Waals surface area contributed by atoms with E-state index in [4.69, 9.17) is 11.6 Å². The van der Waals surface area contributed by atoms with E-state index in [0.29, 0.717) is 35.1 Å². The van der Waals surface area contributed by atoms with Crippen LogP contribution in [-0.4, -0.2) is 26.3 Å². The van der Waals surface area contributed by atoms with Crippen molar-refractivity contribution < 1.29 is 18.0 Å². The van der Waals surface area contributed by atoms with Crippen LogP contribution in [0.3, 0.4) is 0 Å². The summed E-state index contributed by atoms with van der Waals surface area (Å²) in [6.07, 6.45) is -3.48. The molecule has 0 spiro atoms. The molecule has 0 radical (unpaired) electrons. The van der Waals surface area contributed by atoms with E-state index < -0.39 is 11.9 Å². The van der Waals surface area contributed by atoms with E-state index in [-0.39, 0.29) is 12.2 Å². The van der Waals surface area contributed by atoms with E-state index in [0.717, 1.165) is 33.9 Å². The van der Waals surface area contributed by atoms with Gasteiger partial charge in [0.1, 0.15) is 5.69 Å². The van der Waals surface area contributed by atoms with Gasteiger partial charge in [-0.15, -0.1) is 10.2 Å². The highest BCUT2D eigenvalue weighted by atomic mass is 35.5. The predicted molar refractivity (Wildman–Crippen MR) is 146 cm³/mol. The number of hydrogen-bond acceptors (Lipinski definition) is 4. The van der Waals surface area contributed by atoms with Gasteiger partial charge in [-0.1, -0.05) is 66.6 Å². The topological polar surface area (TPSA) is 63.9 Å². The van der Waals surface area contributed by atoms with Gasteiger partial charge in [0.25, 0.3) is 0 Å². The van der Waals surface area contributed by atoms with Crippen LogP contribution < -0.4 is 5.01 Å². The van der Waals surface area contributed by atoms with Crippen LogP contribution in [0.15, 0.2) is 60.7 Å². The van der Waals surface area contributed by atoms with Gasteiger partial charge in [-0.3, -0.25) is 4.79 Å². The molecular formula is C29H27ClF3N5O. The molecule has 6 nitrogen and oxygen atoms in total. The minimum atomic E-state index is -4.56. The Morgan fingerprint density at radius 2 is 1.62 bits per heavy atom. The van der Waals surface area contributed by atoms with Crippen LogP contribution >= 0.6 is 11.6 Å². The number of aromatic nitrogens is 4. The Labute approximate surface area is 229 Å². The number of nitrogens with zero attached hydrogens (tertiary/aromatic N) is 5. The zero-order valence-corrected chi connectivity index (χ0v) is 22.7. The van der Waals surface area contributed by atoms with E-state index in [2.05, 4.69) is 15.2 Å². The number of pyridine rings is 1. The lowest BCUT2D eigenvalue weighted by molar-refractivity contribution is -0.141. The first-order valence-electron chi connectivity index (χ1n) is 12.3. The molecule has 39 heavy (non-hydrogen) atoms. The molecule has 0 aliphatic heterocycles. The number of alkyl halides is 3. The molecule has 4 aromatic rings. The molecule has 0 saturated heterocycles. The van der Waals surface area contributed by atoms with E-state index in [1.165, 1.54) is 18.0 Å². The third-order valence-electron chi connectivity index (χ3n) is 6.43. The number of benzene rings is 2. The molecule has 0 aliphatic rings. The first kappa shape index (κ1) is 28.0. The minimum absolute atomic E-state index is 0.0281. The molecule has 0 saturated carbocycles. The Balaban J connectivity index is 1.88. The largest absolute Gasteiger partial charge is 0.433 e. The van der Waals surface area contributed by atoms with Gasteiger partial charge >= 0.3 is 6.18 Å². The average molecular weight is 554 g/mol. The van der Waals surface area contributed by atoms with Crippen LogP contribution in [0.5, 0.6) is 0 Å². The van der Waals surface area contributed by atoms with Crippen molar-refractivity contribution in [1.82, 2.24) is 19.9 Å². The van der Waals surface area contributed by atoms with Gasteiger partial charge in [0.05, 0.1) is 6.54 Å².